The van der Waals surface area contributed by atoms with Gasteiger partial charge in [-0.25, -0.2) is 0 Å². The molecule has 0 saturated heterocycles. The van der Waals surface area contributed by atoms with E-state index in [0.717, 1.165) is 24.1 Å². The summed E-state index contributed by atoms with van der Waals surface area (Å²) in [5.41, 5.74) is -0.175. The van der Waals surface area contributed by atoms with Crippen LogP contribution in [0.4, 0.5) is 0 Å². The van der Waals surface area contributed by atoms with Gasteiger partial charge >= 0.3 is 5.97 Å². The maximum atomic E-state index is 10.8. The number of carbonyl (C=O) groups is 1. The fraction of sp³-hybridized carbons (Fsp3) is 0.455. The third-order valence-electron chi connectivity index (χ3n) is 3.04. The van der Waals surface area contributed by atoms with E-state index in [4.69, 9.17) is 10.4 Å². The summed E-state index contributed by atoms with van der Waals surface area (Å²) in [5, 5.41) is 17.6. The number of aliphatic carboxylic acids is 1. The summed E-state index contributed by atoms with van der Waals surface area (Å²) in [5.74, 6) is -0.749. The predicted octanol–water partition coefficient (Wildman–Crippen LogP) is 2.52. The number of carboxylic acid groups (broad SMARTS) is 1. The summed E-state index contributed by atoms with van der Waals surface area (Å²) in [6, 6.07) is 5.78. The predicted molar refractivity (Wildman–Crippen MR) is 56.8 cm³/mol. The zero-order valence-corrected chi connectivity index (χ0v) is 9.01. The van der Waals surface area contributed by atoms with Gasteiger partial charge < -0.3 is 5.11 Å². The van der Waals surface area contributed by atoms with Gasteiger partial charge in [-0.05, 0) is 25.0 Å². The maximum Gasteiger partial charge on any atom is 0.304 e. The Balaban J connectivity index is 2.26. The van der Waals surface area contributed by atoms with E-state index in [0.29, 0.717) is 4.88 Å². The van der Waals surface area contributed by atoms with Gasteiger partial charge in [-0.1, -0.05) is 6.42 Å². The smallest absolute Gasteiger partial charge is 0.304 e. The lowest BCUT2D eigenvalue weighted by molar-refractivity contribution is -0.139. The van der Waals surface area contributed by atoms with Crippen LogP contribution < -0.4 is 0 Å². The molecule has 1 aliphatic carbocycles. The monoisotopic (exact) mass is 221 g/mol. The summed E-state index contributed by atoms with van der Waals surface area (Å²) in [6.45, 7) is 0. The Morgan fingerprint density at radius 2 is 2.33 bits per heavy atom. The van der Waals surface area contributed by atoms with Crippen LogP contribution in [0.2, 0.25) is 0 Å². The van der Waals surface area contributed by atoms with Crippen LogP contribution >= 0.6 is 11.3 Å². The molecule has 4 heteroatoms. The van der Waals surface area contributed by atoms with Gasteiger partial charge in [-0.3, -0.25) is 4.79 Å². The van der Waals surface area contributed by atoms with Gasteiger partial charge in [0.05, 0.1) is 6.42 Å². The highest BCUT2D eigenvalue weighted by Crippen LogP contribution is 2.48. The molecule has 0 aliphatic heterocycles. The molecule has 1 fully saturated rings. The molecule has 1 aromatic rings. The molecule has 0 aromatic carbocycles. The largest absolute Gasteiger partial charge is 0.481 e. The van der Waals surface area contributed by atoms with Crippen molar-refractivity contribution < 1.29 is 9.90 Å². The molecule has 1 aliphatic rings. The van der Waals surface area contributed by atoms with E-state index in [9.17, 15) is 4.79 Å². The number of thiophene rings is 1. The molecule has 0 spiro atoms. The lowest BCUT2D eigenvalue weighted by atomic mass is 9.66. The van der Waals surface area contributed by atoms with E-state index < -0.39 is 5.97 Å². The Hall–Kier alpha value is -1.34. The minimum absolute atomic E-state index is 0.175. The van der Waals surface area contributed by atoms with Crippen LogP contribution in [0.3, 0.4) is 0 Å². The molecule has 78 valence electrons. The maximum absolute atomic E-state index is 10.8. The lowest BCUT2D eigenvalue weighted by Gasteiger charge is -2.40. The molecule has 15 heavy (non-hydrogen) atoms. The first-order valence-corrected chi connectivity index (χ1v) is 5.70. The minimum atomic E-state index is -0.749. The number of nitriles is 1. The molecule has 1 heterocycles. The fourth-order valence-corrected chi connectivity index (χ4v) is 3.13. The average molecular weight is 221 g/mol. The van der Waals surface area contributed by atoms with Gasteiger partial charge in [0.2, 0.25) is 0 Å². The molecule has 1 N–H and O–H groups in total. The summed E-state index contributed by atoms with van der Waals surface area (Å²) < 4.78 is 0. The standard InChI is InChI=1S/C11H11NO2S/c12-7-8-2-3-9(15-8)11(4-1-5-11)6-10(13)14/h2-3H,1,4-6H2,(H,13,14). The molecule has 3 nitrogen and oxygen atoms in total. The zero-order chi connectivity index (χ0) is 10.9. The van der Waals surface area contributed by atoms with E-state index in [1.807, 2.05) is 6.07 Å². The molecule has 1 aromatic heterocycles. The van der Waals surface area contributed by atoms with Crippen molar-refractivity contribution in [3.05, 3.63) is 21.9 Å². The number of hydrogen-bond donors (Lipinski definition) is 1. The van der Waals surface area contributed by atoms with Crippen molar-refractivity contribution >= 4 is 17.3 Å². The topological polar surface area (TPSA) is 61.1 Å². The van der Waals surface area contributed by atoms with Crippen LogP contribution in [0.1, 0.15) is 35.4 Å². The Kier molecular flexibility index (Phi) is 2.49. The van der Waals surface area contributed by atoms with Gasteiger partial charge in [0.25, 0.3) is 0 Å². The molecule has 0 radical (unpaired) electrons. The Morgan fingerprint density at radius 1 is 1.60 bits per heavy atom. The SMILES string of the molecule is N#Cc1ccc(C2(CC(=O)O)CCC2)s1. The molecule has 0 unspecified atom stereocenters. The average Bonchev–Trinajstić information content (AvgIpc) is 2.59. The zero-order valence-electron chi connectivity index (χ0n) is 8.19. The summed E-state index contributed by atoms with van der Waals surface area (Å²) in [6.07, 6.45) is 3.15. The Morgan fingerprint density at radius 3 is 2.73 bits per heavy atom. The highest BCUT2D eigenvalue weighted by molar-refractivity contribution is 7.12. The third kappa shape index (κ3) is 1.75. The van der Waals surface area contributed by atoms with Gasteiger partial charge in [-0.15, -0.1) is 11.3 Å². The van der Waals surface area contributed by atoms with E-state index in [2.05, 4.69) is 6.07 Å². The lowest BCUT2D eigenvalue weighted by Crippen LogP contribution is -2.35. The van der Waals surface area contributed by atoms with Crippen LogP contribution in [-0.4, -0.2) is 11.1 Å². The molecule has 0 bridgehead atoms. The minimum Gasteiger partial charge on any atom is -0.481 e. The number of carboxylic acids is 1. The van der Waals surface area contributed by atoms with Crippen molar-refractivity contribution in [1.82, 2.24) is 0 Å². The second kappa shape index (κ2) is 3.67. The molecular formula is C11H11NO2S. The van der Waals surface area contributed by atoms with Crippen LogP contribution in [0.25, 0.3) is 0 Å². The summed E-state index contributed by atoms with van der Waals surface area (Å²) in [7, 11) is 0. The van der Waals surface area contributed by atoms with Crippen LogP contribution in [0.5, 0.6) is 0 Å². The van der Waals surface area contributed by atoms with Crippen molar-refractivity contribution in [2.75, 3.05) is 0 Å². The van der Waals surface area contributed by atoms with E-state index in [1.54, 1.807) is 6.07 Å². The van der Waals surface area contributed by atoms with Gasteiger partial charge in [0.15, 0.2) is 0 Å². The molecule has 0 amide bonds. The third-order valence-corrected chi connectivity index (χ3v) is 4.28. The van der Waals surface area contributed by atoms with E-state index in [1.165, 1.54) is 11.3 Å². The van der Waals surface area contributed by atoms with E-state index in [-0.39, 0.29) is 11.8 Å². The quantitative estimate of drug-likeness (QED) is 0.853. The second-order valence-electron chi connectivity index (χ2n) is 3.98. The highest BCUT2D eigenvalue weighted by atomic mass is 32.1. The first-order valence-electron chi connectivity index (χ1n) is 4.88. The molecule has 0 atom stereocenters. The van der Waals surface area contributed by atoms with Gasteiger partial charge in [-0.2, -0.15) is 5.26 Å². The first kappa shape index (κ1) is 10.2. The van der Waals surface area contributed by atoms with Crippen molar-refractivity contribution in [3.63, 3.8) is 0 Å². The van der Waals surface area contributed by atoms with Crippen molar-refractivity contribution in [1.29, 1.82) is 5.26 Å². The second-order valence-corrected chi connectivity index (χ2v) is 5.06. The highest BCUT2D eigenvalue weighted by Gasteiger charge is 2.41. The molecule has 1 saturated carbocycles. The van der Waals surface area contributed by atoms with Crippen LogP contribution in [0, 0.1) is 11.3 Å². The van der Waals surface area contributed by atoms with Crippen molar-refractivity contribution in [3.8, 4) is 6.07 Å². The summed E-state index contributed by atoms with van der Waals surface area (Å²) in [4.78, 5) is 12.5. The van der Waals surface area contributed by atoms with Crippen LogP contribution in [-0.2, 0) is 10.2 Å². The van der Waals surface area contributed by atoms with Crippen LogP contribution in [0.15, 0.2) is 12.1 Å². The number of rotatable bonds is 3. The fourth-order valence-electron chi connectivity index (χ4n) is 2.09. The Labute approximate surface area is 92.0 Å². The molecule has 2 rings (SSSR count). The first-order chi connectivity index (χ1) is 7.16. The van der Waals surface area contributed by atoms with E-state index >= 15 is 0 Å². The van der Waals surface area contributed by atoms with Gasteiger partial charge in [0, 0.05) is 10.3 Å². The molecular weight excluding hydrogens is 210 g/mol. The Bertz CT molecular complexity index is 426. The van der Waals surface area contributed by atoms with Crippen molar-refractivity contribution in [2.45, 2.75) is 31.1 Å². The number of hydrogen-bond acceptors (Lipinski definition) is 3. The number of nitrogens with zero attached hydrogens (tertiary/aromatic N) is 1. The van der Waals surface area contributed by atoms with Gasteiger partial charge in [0.1, 0.15) is 10.9 Å². The summed E-state index contributed by atoms with van der Waals surface area (Å²) >= 11 is 1.43. The normalized spacial score (nSPS) is 17.8. The van der Waals surface area contributed by atoms with Crippen molar-refractivity contribution in [2.24, 2.45) is 0 Å².